The van der Waals surface area contributed by atoms with E-state index in [4.69, 9.17) is 0 Å². The second kappa shape index (κ2) is 4.96. The Bertz CT molecular complexity index is 307. The summed E-state index contributed by atoms with van der Waals surface area (Å²) in [5.74, 6) is 2.27. The van der Waals surface area contributed by atoms with Gasteiger partial charge in [-0.1, -0.05) is 26.0 Å². The zero-order valence-electron chi connectivity index (χ0n) is 11.4. The number of fused-ring (bicyclic) bond motifs is 1. The summed E-state index contributed by atoms with van der Waals surface area (Å²) >= 11 is 0. The van der Waals surface area contributed by atoms with Crippen molar-refractivity contribution in [2.75, 3.05) is 0 Å². The fraction of sp³-hybridized carbons (Fsp3) is 0.812. The Morgan fingerprint density at radius 1 is 1.53 bits per heavy atom. The smallest absolute Gasteiger partial charge is 0.120 e. The van der Waals surface area contributed by atoms with Crippen LogP contribution >= 0.6 is 0 Å². The highest BCUT2D eigenvalue weighted by atomic mass is 16.1. The summed E-state index contributed by atoms with van der Waals surface area (Å²) < 4.78 is 0. The lowest BCUT2D eigenvalue weighted by molar-refractivity contribution is -0.108. The van der Waals surface area contributed by atoms with E-state index in [1.165, 1.54) is 37.7 Å². The average molecular weight is 234 g/mol. The van der Waals surface area contributed by atoms with Gasteiger partial charge in [0.15, 0.2) is 0 Å². The molecule has 17 heavy (non-hydrogen) atoms. The minimum Gasteiger partial charge on any atom is -0.303 e. The maximum atomic E-state index is 10.5. The normalized spacial score (nSPS) is 38.8. The lowest BCUT2D eigenvalue weighted by Gasteiger charge is -2.44. The summed E-state index contributed by atoms with van der Waals surface area (Å²) in [6.07, 6.45) is 9.50. The van der Waals surface area contributed by atoms with Gasteiger partial charge in [0.1, 0.15) is 6.29 Å². The highest BCUT2D eigenvalue weighted by Gasteiger charge is 2.49. The summed E-state index contributed by atoms with van der Waals surface area (Å²) in [6.45, 7) is 9.13. The highest BCUT2D eigenvalue weighted by Crippen LogP contribution is 2.59. The zero-order valence-corrected chi connectivity index (χ0v) is 11.4. The van der Waals surface area contributed by atoms with E-state index in [1.54, 1.807) is 0 Å². The van der Waals surface area contributed by atoms with Crippen LogP contribution in [0.25, 0.3) is 0 Å². The van der Waals surface area contributed by atoms with E-state index >= 15 is 0 Å². The van der Waals surface area contributed by atoms with Gasteiger partial charge >= 0.3 is 0 Å². The summed E-state index contributed by atoms with van der Waals surface area (Å²) in [7, 11) is 0. The van der Waals surface area contributed by atoms with Crippen LogP contribution in [0.4, 0.5) is 0 Å². The molecule has 1 unspecified atom stereocenters. The first kappa shape index (κ1) is 12.9. The quantitative estimate of drug-likeness (QED) is 0.521. The molecule has 2 aliphatic carbocycles. The van der Waals surface area contributed by atoms with Crippen LogP contribution in [0.3, 0.4) is 0 Å². The number of allylic oxidation sites excluding steroid dienone is 1. The molecule has 0 amide bonds. The molecule has 0 bridgehead atoms. The van der Waals surface area contributed by atoms with Crippen molar-refractivity contribution < 1.29 is 4.79 Å². The Hall–Kier alpha value is -0.590. The molecule has 0 N–H and O–H groups in total. The number of carbonyl (C=O) groups is 1. The SMILES string of the molecule is C=C1CCC[C@@]2(C)C1CC[C@@H]2[C@@H](C)CCC=O. The number of carbonyl (C=O) groups excluding carboxylic acids is 1. The van der Waals surface area contributed by atoms with E-state index in [0.717, 1.165) is 31.0 Å². The van der Waals surface area contributed by atoms with Gasteiger partial charge in [0.05, 0.1) is 0 Å². The van der Waals surface area contributed by atoms with E-state index < -0.39 is 0 Å². The molecular weight excluding hydrogens is 208 g/mol. The van der Waals surface area contributed by atoms with E-state index in [0.29, 0.717) is 11.3 Å². The monoisotopic (exact) mass is 234 g/mol. The molecule has 0 spiro atoms. The molecule has 2 saturated carbocycles. The number of hydrogen-bond donors (Lipinski definition) is 0. The third-order valence-corrected chi connectivity index (χ3v) is 5.54. The van der Waals surface area contributed by atoms with E-state index in [2.05, 4.69) is 20.4 Å². The van der Waals surface area contributed by atoms with E-state index in [-0.39, 0.29) is 0 Å². The van der Waals surface area contributed by atoms with Gasteiger partial charge in [-0.05, 0) is 61.7 Å². The van der Waals surface area contributed by atoms with Gasteiger partial charge in [0.25, 0.3) is 0 Å². The maximum absolute atomic E-state index is 10.5. The van der Waals surface area contributed by atoms with Gasteiger partial charge in [-0.2, -0.15) is 0 Å². The third kappa shape index (κ3) is 2.21. The van der Waals surface area contributed by atoms with Crippen molar-refractivity contribution in [3.05, 3.63) is 12.2 Å². The second-order valence-electron chi connectivity index (χ2n) is 6.48. The van der Waals surface area contributed by atoms with Gasteiger partial charge in [-0.25, -0.2) is 0 Å². The molecular formula is C16H26O. The van der Waals surface area contributed by atoms with Crippen LogP contribution in [0.1, 0.15) is 58.8 Å². The van der Waals surface area contributed by atoms with E-state index in [1.807, 2.05) is 0 Å². The second-order valence-corrected chi connectivity index (χ2v) is 6.48. The van der Waals surface area contributed by atoms with Gasteiger partial charge < -0.3 is 4.79 Å². The zero-order chi connectivity index (χ0) is 12.5. The topological polar surface area (TPSA) is 17.1 Å². The average Bonchev–Trinajstić information content (AvgIpc) is 2.64. The largest absolute Gasteiger partial charge is 0.303 e. The predicted molar refractivity (Wildman–Crippen MR) is 71.8 cm³/mol. The molecule has 1 heteroatoms. The molecule has 0 aromatic rings. The van der Waals surface area contributed by atoms with Crippen molar-refractivity contribution in [3.63, 3.8) is 0 Å². The predicted octanol–water partition coefficient (Wildman–Crippen LogP) is 4.37. The van der Waals surface area contributed by atoms with Gasteiger partial charge in [-0.3, -0.25) is 0 Å². The first-order chi connectivity index (χ1) is 8.09. The summed E-state index contributed by atoms with van der Waals surface area (Å²) in [6, 6.07) is 0. The Morgan fingerprint density at radius 2 is 2.29 bits per heavy atom. The fourth-order valence-electron chi connectivity index (χ4n) is 4.63. The lowest BCUT2D eigenvalue weighted by atomic mass is 9.61. The lowest BCUT2D eigenvalue weighted by Crippen LogP contribution is -2.35. The van der Waals surface area contributed by atoms with Gasteiger partial charge in [-0.15, -0.1) is 0 Å². The number of hydrogen-bond acceptors (Lipinski definition) is 1. The molecule has 2 fully saturated rings. The van der Waals surface area contributed by atoms with Crippen molar-refractivity contribution in [2.45, 2.75) is 58.8 Å². The Morgan fingerprint density at radius 3 is 3.00 bits per heavy atom. The van der Waals surface area contributed by atoms with Crippen LogP contribution in [0.15, 0.2) is 12.2 Å². The minimum absolute atomic E-state index is 0.484. The van der Waals surface area contributed by atoms with Crippen molar-refractivity contribution in [2.24, 2.45) is 23.2 Å². The first-order valence-electron chi connectivity index (χ1n) is 7.21. The minimum atomic E-state index is 0.484. The van der Waals surface area contributed by atoms with Gasteiger partial charge in [0.2, 0.25) is 0 Å². The van der Waals surface area contributed by atoms with Crippen molar-refractivity contribution >= 4 is 6.29 Å². The molecule has 0 heterocycles. The molecule has 1 nitrogen and oxygen atoms in total. The summed E-state index contributed by atoms with van der Waals surface area (Å²) in [4.78, 5) is 10.5. The molecule has 96 valence electrons. The Labute approximate surface area is 106 Å². The molecule has 2 aliphatic rings. The molecule has 0 saturated heterocycles. The highest BCUT2D eigenvalue weighted by molar-refractivity contribution is 5.49. The summed E-state index contributed by atoms with van der Waals surface area (Å²) in [5.41, 5.74) is 1.99. The van der Waals surface area contributed by atoms with Crippen LogP contribution in [-0.2, 0) is 4.79 Å². The Balaban J connectivity index is 2.09. The standard InChI is InChI=1S/C16H26O/c1-12-6-4-10-16(3)14(12)8-9-15(16)13(2)7-5-11-17/h11,13-15H,1,4-10H2,2-3H3/t13-,14?,15+,16-/m0/s1. The fourth-order valence-corrected chi connectivity index (χ4v) is 4.63. The Kier molecular flexibility index (Phi) is 3.75. The molecule has 0 aliphatic heterocycles. The summed E-state index contributed by atoms with van der Waals surface area (Å²) in [5, 5.41) is 0. The molecule has 0 aromatic heterocycles. The maximum Gasteiger partial charge on any atom is 0.120 e. The van der Waals surface area contributed by atoms with Crippen LogP contribution < -0.4 is 0 Å². The van der Waals surface area contributed by atoms with Crippen molar-refractivity contribution in [3.8, 4) is 0 Å². The van der Waals surface area contributed by atoms with Crippen LogP contribution in [-0.4, -0.2) is 6.29 Å². The molecule has 4 atom stereocenters. The van der Waals surface area contributed by atoms with Gasteiger partial charge in [0, 0.05) is 6.42 Å². The van der Waals surface area contributed by atoms with Crippen LogP contribution in [0.2, 0.25) is 0 Å². The number of aldehydes is 1. The van der Waals surface area contributed by atoms with Crippen molar-refractivity contribution in [1.29, 1.82) is 0 Å². The molecule has 0 radical (unpaired) electrons. The van der Waals surface area contributed by atoms with E-state index in [9.17, 15) is 4.79 Å². The third-order valence-electron chi connectivity index (χ3n) is 5.54. The van der Waals surface area contributed by atoms with Crippen LogP contribution in [0.5, 0.6) is 0 Å². The first-order valence-corrected chi connectivity index (χ1v) is 7.21. The molecule has 0 aromatic carbocycles. The number of rotatable bonds is 4. The molecule has 2 rings (SSSR count). The van der Waals surface area contributed by atoms with Crippen LogP contribution in [0, 0.1) is 23.2 Å². The van der Waals surface area contributed by atoms with Crippen molar-refractivity contribution in [1.82, 2.24) is 0 Å².